The van der Waals surface area contributed by atoms with Crippen molar-refractivity contribution in [3.63, 3.8) is 0 Å². The number of benzene rings is 2. The zero-order valence-electron chi connectivity index (χ0n) is 17.6. The van der Waals surface area contributed by atoms with Gasteiger partial charge in [0.1, 0.15) is 5.82 Å². The zero-order chi connectivity index (χ0) is 23.8. The molecule has 1 fully saturated rings. The van der Waals surface area contributed by atoms with Crippen molar-refractivity contribution in [2.45, 2.75) is 38.3 Å². The van der Waals surface area contributed by atoms with Gasteiger partial charge in [0, 0.05) is 23.3 Å². The van der Waals surface area contributed by atoms with Crippen LogP contribution in [0.15, 0.2) is 36.5 Å². The normalized spacial score (nSPS) is 14.3. The minimum Gasteiger partial charge on any atom is -0.487 e. The third-order valence-corrected chi connectivity index (χ3v) is 5.76. The summed E-state index contributed by atoms with van der Waals surface area (Å²) < 4.78 is 62.8. The number of alkyl halides is 2. The van der Waals surface area contributed by atoms with Crippen LogP contribution in [-0.2, 0) is 0 Å². The van der Waals surface area contributed by atoms with E-state index in [1.54, 1.807) is 0 Å². The molecule has 2 aromatic carbocycles. The van der Waals surface area contributed by atoms with Crippen molar-refractivity contribution in [3.05, 3.63) is 53.7 Å². The van der Waals surface area contributed by atoms with Crippen molar-refractivity contribution in [2.75, 3.05) is 5.32 Å². The van der Waals surface area contributed by atoms with E-state index in [1.807, 2.05) is 0 Å². The fourth-order valence-electron chi connectivity index (χ4n) is 4.12. The maximum absolute atomic E-state index is 14.7. The molecule has 2 aromatic heterocycles. The molecule has 1 aliphatic rings. The molecule has 0 saturated heterocycles. The van der Waals surface area contributed by atoms with E-state index < -0.39 is 24.1 Å². The lowest BCUT2D eigenvalue weighted by atomic mass is 10.1. The average molecular weight is 474 g/mol. The molecule has 1 amide bonds. The number of carbonyl (C=O) groups excluding carboxylic acids is 1. The molecule has 0 radical (unpaired) electrons. The maximum atomic E-state index is 14.7. The van der Waals surface area contributed by atoms with E-state index in [0.717, 1.165) is 50.1 Å². The summed E-state index contributed by atoms with van der Waals surface area (Å²) in [7, 11) is 0. The quantitative estimate of drug-likeness (QED) is 0.381. The van der Waals surface area contributed by atoms with Gasteiger partial charge < -0.3 is 10.1 Å². The van der Waals surface area contributed by atoms with Gasteiger partial charge in [-0.1, -0.05) is 0 Å². The molecule has 0 spiro atoms. The Bertz CT molecular complexity index is 1350. The SMILES string of the molecule is O=C(Nc1ccc(OC2CCCC2)c(F)c1)c1cn(C(F)F)c2cc(-c3nnn[nH]3)c(F)cc12. The molecule has 34 heavy (non-hydrogen) atoms. The largest absolute Gasteiger partial charge is 0.487 e. The highest BCUT2D eigenvalue weighted by Crippen LogP contribution is 2.33. The van der Waals surface area contributed by atoms with Gasteiger partial charge in [0.25, 0.3) is 5.91 Å². The van der Waals surface area contributed by atoms with Crippen molar-refractivity contribution in [3.8, 4) is 17.1 Å². The van der Waals surface area contributed by atoms with Crippen LogP contribution in [0.2, 0.25) is 0 Å². The third kappa shape index (κ3) is 4.06. The molecule has 0 bridgehead atoms. The van der Waals surface area contributed by atoms with Gasteiger partial charge in [0.05, 0.1) is 22.7 Å². The van der Waals surface area contributed by atoms with Gasteiger partial charge in [-0.25, -0.2) is 13.9 Å². The predicted molar refractivity (Wildman–Crippen MR) is 114 cm³/mol. The number of tetrazole rings is 1. The van der Waals surface area contributed by atoms with E-state index in [0.29, 0.717) is 4.57 Å². The van der Waals surface area contributed by atoms with E-state index in [1.165, 1.54) is 12.1 Å². The van der Waals surface area contributed by atoms with Gasteiger partial charge in [-0.05, 0) is 60.4 Å². The van der Waals surface area contributed by atoms with Crippen LogP contribution in [-0.4, -0.2) is 37.2 Å². The monoisotopic (exact) mass is 474 g/mol. The van der Waals surface area contributed by atoms with Crippen LogP contribution in [0.4, 0.5) is 23.2 Å². The molecule has 5 rings (SSSR count). The highest BCUT2D eigenvalue weighted by molar-refractivity contribution is 6.13. The number of hydrogen-bond acceptors (Lipinski definition) is 5. The number of nitrogens with one attached hydrogen (secondary N) is 2. The first-order valence-electron chi connectivity index (χ1n) is 10.5. The van der Waals surface area contributed by atoms with Crippen molar-refractivity contribution >= 4 is 22.5 Å². The summed E-state index contributed by atoms with van der Waals surface area (Å²) in [6.45, 7) is -3.00. The lowest BCUT2D eigenvalue weighted by molar-refractivity contribution is 0.0750. The van der Waals surface area contributed by atoms with Crippen molar-refractivity contribution < 1.29 is 27.1 Å². The second-order valence-electron chi connectivity index (χ2n) is 7.95. The Labute approximate surface area is 189 Å². The first kappa shape index (κ1) is 21.9. The van der Waals surface area contributed by atoms with E-state index in [9.17, 15) is 22.4 Å². The average Bonchev–Trinajstić information content (AvgIpc) is 3.56. The van der Waals surface area contributed by atoms with Crippen molar-refractivity contribution in [1.29, 1.82) is 0 Å². The Morgan fingerprint density at radius 2 is 1.94 bits per heavy atom. The second-order valence-corrected chi connectivity index (χ2v) is 7.95. The smallest absolute Gasteiger partial charge is 0.319 e. The molecule has 2 N–H and O–H groups in total. The van der Waals surface area contributed by atoms with Crippen LogP contribution >= 0.6 is 0 Å². The van der Waals surface area contributed by atoms with Gasteiger partial charge in [0.2, 0.25) is 0 Å². The molecule has 4 aromatic rings. The van der Waals surface area contributed by atoms with E-state index in [-0.39, 0.29) is 45.4 Å². The summed E-state index contributed by atoms with van der Waals surface area (Å²) in [5, 5.41) is 15.1. The molecular weight excluding hydrogens is 456 g/mol. The van der Waals surface area contributed by atoms with Gasteiger partial charge in [-0.15, -0.1) is 5.10 Å². The number of rotatable bonds is 6. The lowest BCUT2D eigenvalue weighted by Gasteiger charge is -2.14. The Morgan fingerprint density at radius 3 is 2.62 bits per heavy atom. The Hall–Kier alpha value is -3.96. The van der Waals surface area contributed by atoms with E-state index in [2.05, 4.69) is 25.9 Å². The second kappa shape index (κ2) is 8.76. The third-order valence-electron chi connectivity index (χ3n) is 5.76. The molecule has 1 aliphatic carbocycles. The molecule has 2 heterocycles. The zero-order valence-corrected chi connectivity index (χ0v) is 17.6. The summed E-state index contributed by atoms with van der Waals surface area (Å²) in [6.07, 6.45) is 4.66. The van der Waals surface area contributed by atoms with Gasteiger partial charge in [-0.2, -0.15) is 8.78 Å². The van der Waals surface area contributed by atoms with Crippen LogP contribution in [0, 0.1) is 11.6 Å². The van der Waals surface area contributed by atoms with Gasteiger partial charge in [-0.3, -0.25) is 9.36 Å². The minimum atomic E-state index is -3.00. The first-order chi connectivity index (χ1) is 16.4. The molecular formula is C22H18F4N6O2. The topological polar surface area (TPSA) is 97.7 Å². The molecule has 0 aliphatic heterocycles. The van der Waals surface area contributed by atoms with Crippen molar-refractivity contribution in [2.24, 2.45) is 0 Å². The number of anilines is 1. The van der Waals surface area contributed by atoms with Crippen LogP contribution in [0.1, 0.15) is 42.6 Å². The molecule has 1 saturated carbocycles. The minimum absolute atomic E-state index is 0.0389. The van der Waals surface area contributed by atoms with Crippen molar-refractivity contribution in [1.82, 2.24) is 25.2 Å². The van der Waals surface area contributed by atoms with E-state index in [4.69, 9.17) is 4.74 Å². The summed E-state index contributed by atoms with van der Waals surface area (Å²) >= 11 is 0. The summed E-state index contributed by atoms with van der Waals surface area (Å²) in [6, 6.07) is 6.03. The number of halogens is 4. The number of nitrogens with zero attached hydrogens (tertiary/aromatic N) is 4. The van der Waals surface area contributed by atoms with Crippen LogP contribution < -0.4 is 10.1 Å². The molecule has 176 valence electrons. The number of ether oxygens (including phenoxy) is 1. The number of carbonyl (C=O) groups is 1. The summed E-state index contributed by atoms with van der Waals surface area (Å²) in [5.74, 6) is -2.25. The van der Waals surface area contributed by atoms with Gasteiger partial charge in [0.15, 0.2) is 17.4 Å². The molecule has 0 atom stereocenters. The molecule has 0 unspecified atom stereocenters. The summed E-state index contributed by atoms with van der Waals surface area (Å²) in [4.78, 5) is 12.9. The van der Waals surface area contributed by atoms with E-state index >= 15 is 0 Å². The number of fused-ring (bicyclic) bond motifs is 1. The number of amides is 1. The number of hydrogen-bond donors (Lipinski definition) is 2. The number of aromatic amines is 1. The highest BCUT2D eigenvalue weighted by atomic mass is 19.3. The fraction of sp³-hybridized carbons (Fsp3) is 0.273. The molecule has 8 nitrogen and oxygen atoms in total. The predicted octanol–water partition coefficient (Wildman–Crippen LogP) is 5.07. The Kier molecular flexibility index (Phi) is 5.64. The Morgan fingerprint density at radius 1 is 1.15 bits per heavy atom. The van der Waals surface area contributed by atoms with Crippen LogP contribution in [0.3, 0.4) is 0 Å². The lowest BCUT2D eigenvalue weighted by Crippen LogP contribution is -2.13. The fourth-order valence-corrected chi connectivity index (χ4v) is 4.12. The summed E-state index contributed by atoms with van der Waals surface area (Å²) in [5.41, 5.74) is -0.337. The number of aromatic nitrogens is 5. The Balaban J connectivity index is 1.45. The first-order valence-corrected chi connectivity index (χ1v) is 10.5. The van der Waals surface area contributed by atoms with Crippen LogP contribution in [0.25, 0.3) is 22.3 Å². The maximum Gasteiger partial charge on any atom is 0.319 e. The van der Waals surface area contributed by atoms with Crippen LogP contribution in [0.5, 0.6) is 5.75 Å². The van der Waals surface area contributed by atoms with Gasteiger partial charge >= 0.3 is 6.55 Å². The molecule has 12 heteroatoms. The standard InChI is InChI=1S/C22H18F4N6O2/c23-16-8-13-15(10-32(22(25)26)18(13)9-14(16)20-28-30-31-29-20)21(33)27-11-5-6-19(17(24)7-11)34-12-3-1-2-4-12/h5-10,12,22H,1-4H2,(H,27,33)(H,28,29,30,31). The highest BCUT2D eigenvalue weighted by Gasteiger charge is 2.23. The number of H-pyrrole nitrogens is 1.